The fraction of sp³-hybridized carbons (Fsp3) is 0.417. The van der Waals surface area contributed by atoms with Crippen LogP contribution in [0.3, 0.4) is 0 Å². The molecule has 4 nitrogen and oxygen atoms in total. The molecular weight excluding hydrogens is 208 g/mol. The zero-order valence-electron chi connectivity index (χ0n) is 9.43. The van der Waals surface area contributed by atoms with Gasteiger partial charge in [-0.1, -0.05) is 13.0 Å². The molecule has 0 spiro atoms. The molecule has 0 aliphatic carbocycles. The molecule has 1 aromatic rings. The lowest BCUT2D eigenvalue weighted by atomic mass is 10.1. The SMILES string of the molecule is Cc1c(OCC(C)CO)cccc1C(=O)O. The molecule has 1 atom stereocenters. The van der Waals surface area contributed by atoms with Gasteiger partial charge in [0.25, 0.3) is 0 Å². The van der Waals surface area contributed by atoms with Gasteiger partial charge in [-0.3, -0.25) is 0 Å². The maximum Gasteiger partial charge on any atom is 0.336 e. The minimum Gasteiger partial charge on any atom is -0.493 e. The lowest BCUT2D eigenvalue weighted by Crippen LogP contribution is -2.13. The Morgan fingerprint density at radius 1 is 1.50 bits per heavy atom. The monoisotopic (exact) mass is 224 g/mol. The van der Waals surface area contributed by atoms with E-state index >= 15 is 0 Å². The molecule has 0 radical (unpaired) electrons. The van der Waals surface area contributed by atoms with Gasteiger partial charge < -0.3 is 14.9 Å². The van der Waals surface area contributed by atoms with Crippen molar-refractivity contribution in [2.24, 2.45) is 5.92 Å². The van der Waals surface area contributed by atoms with Crippen molar-refractivity contribution < 1.29 is 19.7 Å². The van der Waals surface area contributed by atoms with E-state index in [1.807, 2.05) is 6.92 Å². The van der Waals surface area contributed by atoms with Gasteiger partial charge in [0.1, 0.15) is 5.75 Å². The highest BCUT2D eigenvalue weighted by molar-refractivity contribution is 5.90. The molecule has 16 heavy (non-hydrogen) atoms. The average Bonchev–Trinajstić information content (AvgIpc) is 2.26. The first-order valence-electron chi connectivity index (χ1n) is 5.12. The van der Waals surface area contributed by atoms with Crippen molar-refractivity contribution in [3.05, 3.63) is 29.3 Å². The lowest BCUT2D eigenvalue weighted by molar-refractivity contribution is 0.0695. The van der Waals surface area contributed by atoms with Crippen LogP contribution in [0.4, 0.5) is 0 Å². The number of aromatic carboxylic acids is 1. The molecule has 88 valence electrons. The van der Waals surface area contributed by atoms with Crippen LogP contribution in [0.25, 0.3) is 0 Å². The number of carboxylic acids is 1. The number of hydrogen-bond acceptors (Lipinski definition) is 3. The molecule has 0 heterocycles. The van der Waals surface area contributed by atoms with E-state index in [1.165, 1.54) is 0 Å². The third-order valence-electron chi connectivity index (χ3n) is 2.35. The van der Waals surface area contributed by atoms with Crippen LogP contribution in [0.5, 0.6) is 5.75 Å². The van der Waals surface area contributed by atoms with Crippen LogP contribution in [0, 0.1) is 12.8 Å². The van der Waals surface area contributed by atoms with Crippen molar-refractivity contribution in [1.82, 2.24) is 0 Å². The average molecular weight is 224 g/mol. The van der Waals surface area contributed by atoms with Gasteiger partial charge >= 0.3 is 5.97 Å². The van der Waals surface area contributed by atoms with Gasteiger partial charge in [-0.05, 0) is 19.1 Å². The number of aliphatic hydroxyl groups excluding tert-OH is 1. The second kappa shape index (κ2) is 5.51. The molecule has 0 amide bonds. The predicted molar refractivity (Wildman–Crippen MR) is 59.9 cm³/mol. The fourth-order valence-electron chi connectivity index (χ4n) is 1.29. The van der Waals surface area contributed by atoms with Crippen LogP contribution >= 0.6 is 0 Å². The molecule has 0 fully saturated rings. The molecule has 0 aromatic heterocycles. The summed E-state index contributed by atoms with van der Waals surface area (Å²) in [6.45, 7) is 4.00. The Kier molecular flexibility index (Phi) is 4.31. The summed E-state index contributed by atoms with van der Waals surface area (Å²) in [7, 11) is 0. The molecule has 0 bridgehead atoms. The van der Waals surface area contributed by atoms with Gasteiger partial charge in [0.05, 0.1) is 12.2 Å². The molecule has 1 unspecified atom stereocenters. The summed E-state index contributed by atoms with van der Waals surface area (Å²) in [5.74, 6) is -0.369. The first-order chi connectivity index (χ1) is 7.56. The largest absolute Gasteiger partial charge is 0.493 e. The Balaban J connectivity index is 2.81. The van der Waals surface area contributed by atoms with Crippen LogP contribution in [-0.4, -0.2) is 29.4 Å². The number of benzene rings is 1. The van der Waals surface area contributed by atoms with Crippen molar-refractivity contribution in [3.63, 3.8) is 0 Å². The summed E-state index contributed by atoms with van der Waals surface area (Å²) in [5.41, 5.74) is 0.856. The Hall–Kier alpha value is -1.55. The minimum atomic E-state index is -0.960. The number of hydrogen-bond donors (Lipinski definition) is 2. The second-order valence-electron chi connectivity index (χ2n) is 3.83. The molecule has 2 N–H and O–H groups in total. The number of rotatable bonds is 5. The number of carbonyl (C=O) groups is 1. The Morgan fingerprint density at radius 3 is 2.75 bits per heavy atom. The molecule has 0 saturated carbocycles. The summed E-state index contributed by atoms with van der Waals surface area (Å²) in [6, 6.07) is 4.92. The van der Waals surface area contributed by atoms with E-state index in [0.717, 1.165) is 0 Å². The summed E-state index contributed by atoms with van der Waals surface area (Å²) in [4.78, 5) is 10.9. The fourth-order valence-corrected chi connectivity index (χ4v) is 1.29. The van der Waals surface area contributed by atoms with Crippen LogP contribution in [0.2, 0.25) is 0 Å². The third kappa shape index (κ3) is 2.97. The van der Waals surface area contributed by atoms with Crippen molar-refractivity contribution in [2.75, 3.05) is 13.2 Å². The van der Waals surface area contributed by atoms with E-state index in [-0.39, 0.29) is 18.1 Å². The number of ether oxygens (including phenoxy) is 1. The van der Waals surface area contributed by atoms with Crippen LogP contribution in [-0.2, 0) is 0 Å². The van der Waals surface area contributed by atoms with E-state index in [2.05, 4.69) is 0 Å². The summed E-state index contributed by atoms with van der Waals surface area (Å²) in [6.07, 6.45) is 0. The molecule has 0 aliphatic heterocycles. The van der Waals surface area contributed by atoms with Crippen molar-refractivity contribution >= 4 is 5.97 Å². The highest BCUT2D eigenvalue weighted by Crippen LogP contribution is 2.21. The third-order valence-corrected chi connectivity index (χ3v) is 2.35. The zero-order valence-corrected chi connectivity index (χ0v) is 9.43. The van der Waals surface area contributed by atoms with Gasteiger partial charge in [-0.15, -0.1) is 0 Å². The first-order valence-corrected chi connectivity index (χ1v) is 5.12. The number of aliphatic hydroxyl groups is 1. The maximum atomic E-state index is 10.9. The molecule has 0 saturated heterocycles. The molecule has 1 rings (SSSR count). The van der Waals surface area contributed by atoms with Gasteiger partial charge in [0.2, 0.25) is 0 Å². The molecule has 4 heteroatoms. The van der Waals surface area contributed by atoms with Gasteiger partial charge in [-0.2, -0.15) is 0 Å². The van der Waals surface area contributed by atoms with Gasteiger partial charge in [-0.25, -0.2) is 4.79 Å². The van der Waals surface area contributed by atoms with E-state index in [1.54, 1.807) is 25.1 Å². The van der Waals surface area contributed by atoms with E-state index < -0.39 is 5.97 Å². The predicted octanol–water partition coefficient (Wildman–Crippen LogP) is 1.70. The van der Waals surface area contributed by atoms with Crippen LogP contribution in [0.15, 0.2) is 18.2 Å². The highest BCUT2D eigenvalue weighted by Gasteiger charge is 2.11. The second-order valence-corrected chi connectivity index (χ2v) is 3.83. The standard InChI is InChI=1S/C12H16O4/c1-8(6-13)7-16-11-5-3-4-10(9(11)2)12(14)15/h3-5,8,13H,6-7H2,1-2H3,(H,14,15). The topological polar surface area (TPSA) is 66.8 Å². The number of carboxylic acid groups (broad SMARTS) is 1. The summed E-state index contributed by atoms with van der Waals surface area (Å²) < 4.78 is 5.46. The molecule has 1 aromatic carbocycles. The van der Waals surface area contributed by atoms with Gasteiger partial charge in [0, 0.05) is 18.1 Å². The lowest BCUT2D eigenvalue weighted by Gasteiger charge is -2.13. The van der Waals surface area contributed by atoms with Crippen molar-refractivity contribution in [2.45, 2.75) is 13.8 Å². The van der Waals surface area contributed by atoms with Crippen LogP contribution in [0.1, 0.15) is 22.8 Å². The summed E-state index contributed by atoms with van der Waals surface area (Å²) in [5, 5.41) is 17.8. The quantitative estimate of drug-likeness (QED) is 0.798. The first kappa shape index (κ1) is 12.5. The molecular formula is C12H16O4. The van der Waals surface area contributed by atoms with E-state index in [0.29, 0.717) is 17.9 Å². The van der Waals surface area contributed by atoms with E-state index in [4.69, 9.17) is 14.9 Å². The Labute approximate surface area is 94.5 Å². The van der Waals surface area contributed by atoms with E-state index in [9.17, 15) is 4.79 Å². The maximum absolute atomic E-state index is 10.9. The molecule has 0 aliphatic rings. The van der Waals surface area contributed by atoms with Crippen LogP contribution < -0.4 is 4.74 Å². The minimum absolute atomic E-state index is 0.0351. The Morgan fingerprint density at radius 2 is 2.19 bits per heavy atom. The smallest absolute Gasteiger partial charge is 0.336 e. The zero-order chi connectivity index (χ0) is 12.1. The van der Waals surface area contributed by atoms with Crippen molar-refractivity contribution in [3.8, 4) is 5.75 Å². The Bertz CT molecular complexity index is 373. The normalized spacial score (nSPS) is 12.2. The highest BCUT2D eigenvalue weighted by atomic mass is 16.5. The van der Waals surface area contributed by atoms with Crippen molar-refractivity contribution in [1.29, 1.82) is 0 Å². The summed E-state index contributed by atoms with van der Waals surface area (Å²) >= 11 is 0. The van der Waals surface area contributed by atoms with Gasteiger partial charge in [0.15, 0.2) is 0 Å².